The van der Waals surface area contributed by atoms with Gasteiger partial charge >= 0.3 is 6.09 Å². The molecule has 0 unspecified atom stereocenters. The zero-order chi connectivity index (χ0) is 14.8. The average Bonchev–Trinajstić information content (AvgIpc) is 2.37. The van der Waals surface area contributed by atoms with Gasteiger partial charge in [-0.1, -0.05) is 34.1 Å². The number of nitrogens with one attached hydrogen (secondary N) is 1. The van der Waals surface area contributed by atoms with Crippen LogP contribution in [0.2, 0.25) is 0 Å². The van der Waals surface area contributed by atoms with Gasteiger partial charge in [0.15, 0.2) is 0 Å². The molecule has 0 saturated carbocycles. The summed E-state index contributed by atoms with van der Waals surface area (Å²) in [6.07, 6.45) is -0.240. The van der Waals surface area contributed by atoms with Gasteiger partial charge in [0.05, 0.1) is 6.04 Å². The third-order valence-corrected chi connectivity index (χ3v) is 3.83. The van der Waals surface area contributed by atoms with Gasteiger partial charge in [-0.2, -0.15) is 0 Å². The van der Waals surface area contributed by atoms with Gasteiger partial charge < -0.3 is 15.0 Å². The molecule has 110 valence electrons. The highest BCUT2D eigenvalue weighted by molar-refractivity contribution is 9.10. The van der Waals surface area contributed by atoms with Gasteiger partial charge in [0.2, 0.25) is 0 Å². The minimum Gasteiger partial charge on any atom is -0.444 e. The molecule has 20 heavy (non-hydrogen) atoms. The number of carbonyl (C=O) groups is 1. The number of rotatable bonds is 1. The van der Waals surface area contributed by atoms with Crippen LogP contribution in [0.5, 0.6) is 0 Å². The first kappa shape index (κ1) is 15.3. The molecule has 1 fully saturated rings. The van der Waals surface area contributed by atoms with E-state index in [4.69, 9.17) is 4.74 Å². The fourth-order valence-electron chi connectivity index (χ4n) is 2.21. The lowest BCUT2D eigenvalue weighted by molar-refractivity contribution is 0.0195. The first-order chi connectivity index (χ1) is 9.37. The zero-order valence-corrected chi connectivity index (χ0v) is 13.7. The second kappa shape index (κ2) is 6.14. The summed E-state index contributed by atoms with van der Waals surface area (Å²) in [5, 5.41) is 3.44. The van der Waals surface area contributed by atoms with Crippen LogP contribution < -0.4 is 5.32 Å². The third kappa shape index (κ3) is 3.96. The maximum atomic E-state index is 12.1. The molecule has 1 atom stereocenters. The van der Waals surface area contributed by atoms with Crippen molar-refractivity contribution in [1.29, 1.82) is 0 Å². The summed E-state index contributed by atoms with van der Waals surface area (Å²) in [5.74, 6) is 0. The normalized spacial score (nSPS) is 19.8. The van der Waals surface area contributed by atoms with E-state index in [9.17, 15) is 4.79 Å². The van der Waals surface area contributed by atoms with E-state index in [1.807, 2.05) is 39.0 Å². The van der Waals surface area contributed by atoms with Gasteiger partial charge in [-0.25, -0.2) is 4.79 Å². The number of piperazine rings is 1. The van der Waals surface area contributed by atoms with Crippen LogP contribution >= 0.6 is 15.9 Å². The summed E-state index contributed by atoms with van der Waals surface area (Å²) < 4.78 is 6.50. The molecule has 0 radical (unpaired) electrons. The molecule has 1 aromatic rings. The number of hydrogen-bond donors (Lipinski definition) is 1. The van der Waals surface area contributed by atoms with E-state index in [1.165, 1.54) is 5.56 Å². The van der Waals surface area contributed by atoms with Crippen molar-refractivity contribution in [3.63, 3.8) is 0 Å². The van der Waals surface area contributed by atoms with Crippen LogP contribution in [-0.4, -0.2) is 36.2 Å². The number of hydrogen-bond acceptors (Lipinski definition) is 3. The molecule has 0 bridgehead atoms. The fraction of sp³-hybridized carbons (Fsp3) is 0.533. The van der Waals surface area contributed by atoms with Crippen molar-refractivity contribution in [3.8, 4) is 0 Å². The Morgan fingerprint density at radius 3 is 2.75 bits per heavy atom. The lowest BCUT2D eigenvalue weighted by Crippen LogP contribution is -2.49. The van der Waals surface area contributed by atoms with E-state index >= 15 is 0 Å². The zero-order valence-electron chi connectivity index (χ0n) is 12.1. The van der Waals surface area contributed by atoms with Crippen LogP contribution in [-0.2, 0) is 4.74 Å². The number of halogens is 1. The highest BCUT2D eigenvalue weighted by Gasteiger charge is 2.28. The van der Waals surface area contributed by atoms with Crippen LogP contribution in [0, 0.1) is 0 Å². The highest BCUT2D eigenvalue weighted by Crippen LogP contribution is 2.25. The summed E-state index contributed by atoms with van der Waals surface area (Å²) in [6, 6.07) is 8.21. The molecule has 1 amide bonds. The van der Waals surface area contributed by atoms with E-state index in [1.54, 1.807) is 4.90 Å². The molecule has 0 spiro atoms. The first-order valence-electron chi connectivity index (χ1n) is 6.82. The minimum atomic E-state index is -0.454. The minimum absolute atomic E-state index is 0.131. The quantitative estimate of drug-likeness (QED) is 0.852. The summed E-state index contributed by atoms with van der Waals surface area (Å²) in [4.78, 5) is 13.9. The van der Waals surface area contributed by atoms with Crippen LogP contribution in [0.25, 0.3) is 0 Å². The summed E-state index contributed by atoms with van der Waals surface area (Å²) in [6.45, 7) is 7.73. The van der Waals surface area contributed by atoms with Crippen molar-refractivity contribution >= 4 is 22.0 Å². The molecule has 5 heteroatoms. The fourth-order valence-corrected chi connectivity index (χ4v) is 2.77. The third-order valence-electron chi connectivity index (χ3n) is 3.11. The number of nitrogens with zero attached hydrogens (tertiary/aromatic N) is 1. The van der Waals surface area contributed by atoms with E-state index in [-0.39, 0.29) is 12.1 Å². The van der Waals surface area contributed by atoms with Crippen molar-refractivity contribution < 1.29 is 9.53 Å². The Balaban J connectivity index is 2.06. The molecule has 1 saturated heterocycles. The lowest BCUT2D eigenvalue weighted by Gasteiger charge is -2.35. The molecule has 4 nitrogen and oxygen atoms in total. The second-order valence-electron chi connectivity index (χ2n) is 5.95. The summed E-state index contributed by atoms with van der Waals surface area (Å²) in [5.41, 5.74) is 0.714. The van der Waals surface area contributed by atoms with Crippen molar-refractivity contribution in [2.45, 2.75) is 32.4 Å². The maximum absolute atomic E-state index is 12.1. The van der Waals surface area contributed by atoms with Crippen molar-refractivity contribution in [2.24, 2.45) is 0 Å². The van der Waals surface area contributed by atoms with Crippen LogP contribution in [0.3, 0.4) is 0 Å². The molecular formula is C15H21BrN2O2. The molecular weight excluding hydrogens is 320 g/mol. The predicted molar refractivity (Wildman–Crippen MR) is 82.7 cm³/mol. The molecule has 0 aromatic heterocycles. The molecule has 2 rings (SSSR count). The number of carbonyl (C=O) groups excluding carboxylic acids is 1. The van der Waals surface area contributed by atoms with Crippen molar-refractivity contribution in [3.05, 3.63) is 34.3 Å². The topological polar surface area (TPSA) is 41.6 Å². The summed E-state index contributed by atoms with van der Waals surface area (Å²) >= 11 is 3.56. The van der Waals surface area contributed by atoms with Gasteiger partial charge in [0.25, 0.3) is 0 Å². The van der Waals surface area contributed by atoms with Gasteiger partial charge in [-0.15, -0.1) is 0 Å². The molecule has 1 N–H and O–H groups in total. The Morgan fingerprint density at radius 1 is 1.40 bits per heavy atom. The Morgan fingerprint density at radius 2 is 2.10 bits per heavy atom. The highest BCUT2D eigenvalue weighted by atomic mass is 79.9. The number of amides is 1. The maximum Gasteiger partial charge on any atom is 0.410 e. The van der Waals surface area contributed by atoms with Gasteiger partial charge in [-0.05, 0) is 32.4 Å². The van der Waals surface area contributed by atoms with E-state index in [0.717, 1.165) is 11.0 Å². The largest absolute Gasteiger partial charge is 0.444 e. The Kier molecular flexibility index (Phi) is 4.70. The van der Waals surface area contributed by atoms with Crippen LogP contribution in [0.15, 0.2) is 28.7 Å². The smallest absolute Gasteiger partial charge is 0.410 e. The van der Waals surface area contributed by atoms with Gasteiger partial charge in [0.1, 0.15) is 5.60 Å². The van der Waals surface area contributed by atoms with Crippen molar-refractivity contribution in [1.82, 2.24) is 10.2 Å². The molecule has 1 aliphatic heterocycles. The predicted octanol–water partition coefficient (Wildman–Crippen LogP) is 3.33. The molecule has 0 aliphatic carbocycles. The lowest BCUT2D eigenvalue weighted by atomic mass is 10.0. The van der Waals surface area contributed by atoms with Gasteiger partial charge in [0, 0.05) is 24.1 Å². The first-order valence-corrected chi connectivity index (χ1v) is 7.62. The van der Waals surface area contributed by atoms with Crippen LogP contribution in [0.4, 0.5) is 4.79 Å². The van der Waals surface area contributed by atoms with Gasteiger partial charge in [-0.3, -0.25) is 0 Å². The number of ether oxygens (including phenoxy) is 1. The standard InChI is InChI=1S/C15H21BrN2O2/c1-15(2,3)20-14(19)18-9-8-17-13(10-18)11-6-4-5-7-12(11)16/h4-7,13,17H,8-10H2,1-3H3/t13-/m0/s1. The van der Waals surface area contributed by atoms with E-state index in [2.05, 4.69) is 27.3 Å². The monoisotopic (exact) mass is 340 g/mol. The number of benzene rings is 1. The van der Waals surface area contributed by atoms with E-state index in [0.29, 0.717) is 13.1 Å². The molecule has 1 aromatic carbocycles. The Bertz CT molecular complexity index is 485. The Hall–Kier alpha value is -1.07. The Labute approximate surface area is 128 Å². The average molecular weight is 341 g/mol. The molecule has 1 heterocycles. The molecule has 1 aliphatic rings. The summed E-state index contributed by atoms with van der Waals surface area (Å²) in [7, 11) is 0. The van der Waals surface area contributed by atoms with E-state index < -0.39 is 5.60 Å². The SMILES string of the molecule is CC(C)(C)OC(=O)N1CCN[C@H](c2ccccc2Br)C1. The van der Waals surface area contributed by atoms with Crippen molar-refractivity contribution in [2.75, 3.05) is 19.6 Å². The van der Waals surface area contributed by atoms with Crippen LogP contribution in [0.1, 0.15) is 32.4 Å². The second-order valence-corrected chi connectivity index (χ2v) is 6.81.